The molecule has 1 aromatic rings. The lowest BCUT2D eigenvalue weighted by Crippen LogP contribution is -2.37. The molecule has 0 aromatic heterocycles. The van der Waals surface area contributed by atoms with E-state index in [-0.39, 0.29) is 29.9 Å². The molecule has 1 amide bonds. The van der Waals surface area contributed by atoms with E-state index in [1.165, 1.54) is 5.56 Å². The number of amides is 1. The third-order valence-electron chi connectivity index (χ3n) is 3.71. The minimum absolute atomic E-state index is 0. The Kier molecular flexibility index (Phi) is 9.23. The summed E-state index contributed by atoms with van der Waals surface area (Å²) < 4.78 is 0. The Morgan fingerprint density at radius 3 is 2.92 bits per heavy atom. The van der Waals surface area contributed by atoms with E-state index in [1.54, 1.807) is 0 Å². The van der Waals surface area contributed by atoms with Gasteiger partial charge in [0.25, 0.3) is 0 Å². The third kappa shape index (κ3) is 5.71. The van der Waals surface area contributed by atoms with E-state index in [9.17, 15) is 4.79 Å². The number of terminal acetylenes is 1. The van der Waals surface area contributed by atoms with Crippen LogP contribution in [0.3, 0.4) is 0 Å². The van der Waals surface area contributed by atoms with E-state index >= 15 is 0 Å². The van der Waals surface area contributed by atoms with Crippen LogP contribution < -0.4 is 15.5 Å². The molecule has 24 heavy (non-hydrogen) atoms. The smallest absolute Gasteiger partial charge is 0.227 e. The van der Waals surface area contributed by atoms with Crippen molar-refractivity contribution >= 4 is 41.5 Å². The SMILES string of the molecule is C#CCNC(=NCCCC(=O)N1CCc2ccccc21)NCC.I. The number of carbonyl (C=O) groups is 1. The highest BCUT2D eigenvalue weighted by Crippen LogP contribution is 2.27. The number of hydrogen-bond donors (Lipinski definition) is 2. The van der Waals surface area contributed by atoms with Gasteiger partial charge in [-0.05, 0) is 31.4 Å². The predicted octanol–water partition coefficient (Wildman–Crippen LogP) is 2.16. The van der Waals surface area contributed by atoms with E-state index in [0.29, 0.717) is 25.5 Å². The first-order valence-electron chi connectivity index (χ1n) is 8.10. The summed E-state index contributed by atoms with van der Waals surface area (Å²) in [7, 11) is 0. The van der Waals surface area contributed by atoms with Crippen molar-refractivity contribution in [2.24, 2.45) is 4.99 Å². The predicted molar refractivity (Wildman–Crippen MR) is 110 cm³/mol. The molecule has 0 saturated heterocycles. The van der Waals surface area contributed by atoms with E-state index in [4.69, 9.17) is 6.42 Å². The molecule has 0 saturated carbocycles. The first-order valence-corrected chi connectivity index (χ1v) is 8.10. The molecule has 130 valence electrons. The highest BCUT2D eigenvalue weighted by Gasteiger charge is 2.23. The van der Waals surface area contributed by atoms with E-state index in [1.807, 2.05) is 30.0 Å². The van der Waals surface area contributed by atoms with Crippen LogP contribution in [-0.2, 0) is 11.2 Å². The maximum Gasteiger partial charge on any atom is 0.227 e. The van der Waals surface area contributed by atoms with Gasteiger partial charge in [-0.1, -0.05) is 24.1 Å². The van der Waals surface area contributed by atoms with Crippen LogP contribution >= 0.6 is 24.0 Å². The minimum Gasteiger partial charge on any atom is -0.357 e. The second kappa shape index (κ2) is 10.9. The fraction of sp³-hybridized carbons (Fsp3) is 0.444. The number of nitrogens with one attached hydrogen (secondary N) is 2. The van der Waals surface area contributed by atoms with Crippen LogP contribution in [0, 0.1) is 12.3 Å². The van der Waals surface area contributed by atoms with Crippen LogP contribution in [0.4, 0.5) is 5.69 Å². The monoisotopic (exact) mass is 440 g/mol. The molecule has 1 aliphatic heterocycles. The Balaban J connectivity index is 0.00000288. The third-order valence-corrected chi connectivity index (χ3v) is 3.71. The molecule has 2 rings (SSSR count). The summed E-state index contributed by atoms with van der Waals surface area (Å²) >= 11 is 0. The van der Waals surface area contributed by atoms with Crippen LogP contribution in [0.25, 0.3) is 0 Å². The Morgan fingerprint density at radius 2 is 2.17 bits per heavy atom. The second-order valence-corrected chi connectivity index (χ2v) is 5.35. The second-order valence-electron chi connectivity index (χ2n) is 5.35. The Labute approximate surface area is 161 Å². The van der Waals surface area contributed by atoms with E-state index in [2.05, 4.69) is 27.6 Å². The number of aliphatic imine (C=N–C) groups is 1. The van der Waals surface area contributed by atoms with Crippen molar-refractivity contribution in [3.8, 4) is 12.3 Å². The maximum atomic E-state index is 12.4. The zero-order valence-electron chi connectivity index (χ0n) is 14.0. The highest BCUT2D eigenvalue weighted by molar-refractivity contribution is 14.0. The summed E-state index contributed by atoms with van der Waals surface area (Å²) in [4.78, 5) is 18.7. The van der Waals surface area contributed by atoms with Crippen molar-refractivity contribution < 1.29 is 4.79 Å². The Bertz CT molecular complexity index is 609. The van der Waals surface area contributed by atoms with Gasteiger partial charge in [0, 0.05) is 31.7 Å². The number of para-hydroxylation sites is 1. The molecular weight excluding hydrogens is 415 g/mol. The van der Waals surface area contributed by atoms with E-state index < -0.39 is 0 Å². The summed E-state index contributed by atoms with van der Waals surface area (Å²) in [5, 5.41) is 6.16. The fourth-order valence-electron chi connectivity index (χ4n) is 2.63. The summed E-state index contributed by atoms with van der Waals surface area (Å²) in [6.07, 6.45) is 7.41. The average molecular weight is 440 g/mol. The molecule has 0 aliphatic carbocycles. The van der Waals surface area contributed by atoms with Crippen molar-refractivity contribution in [1.29, 1.82) is 0 Å². The zero-order chi connectivity index (χ0) is 16.5. The van der Waals surface area contributed by atoms with Gasteiger partial charge in [-0.3, -0.25) is 9.79 Å². The molecule has 0 bridgehead atoms. The minimum atomic E-state index is 0. The Hall–Kier alpha value is -1.75. The van der Waals surface area contributed by atoms with Gasteiger partial charge in [0.2, 0.25) is 5.91 Å². The number of guanidine groups is 1. The number of benzene rings is 1. The summed E-state index contributed by atoms with van der Waals surface area (Å²) in [5.74, 6) is 3.39. The van der Waals surface area contributed by atoms with Gasteiger partial charge in [0.1, 0.15) is 0 Å². The highest BCUT2D eigenvalue weighted by atomic mass is 127. The molecule has 5 nitrogen and oxygen atoms in total. The van der Waals surface area contributed by atoms with Gasteiger partial charge in [-0.15, -0.1) is 30.4 Å². The molecule has 0 atom stereocenters. The van der Waals surface area contributed by atoms with Crippen molar-refractivity contribution in [2.45, 2.75) is 26.2 Å². The molecule has 0 fully saturated rings. The first-order chi connectivity index (χ1) is 11.3. The number of rotatable bonds is 6. The first kappa shape index (κ1) is 20.3. The molecule has 6 heteroatoms. The summed E-state index contributed by atoms with van der Waals surface area (Å²) in [6.45, 7) is 4.60. The Morgan fingerprint density at radius 1 is 1.38 bits per heavy atom. The van der Waals surface area contributed by atoms with Gasteiger partial charge in [0.05, 0.1) is 6.54 Å². The van der Waals surface area contributed by atoms with Crippen molar-refractivity contribution in [3.05, 3.63) is 29.8 Å². The molecule has 0 radical (unpaired) electrons. The lowest BCUT2D eigenvalue weighted by Gasteiger charge is -2.17. The van der Waals surface area contributed by atoms with Gasteiger partial charge < -0.3 is 15.5 Å². The van der Waals surface area contributed by atoms with Gasteiger partial charge in [-0.2, -0.15) is 0 Å². The van der Waals surface area contributed by atoms with Crippen molar-refractivity contribution in [2.75, 3.05) is 31.1 Å². The quantitative estimate of drug-likeness (QED) is 0.235. The van der Waals surface area contributed by atoms with Crippen LogP contribution in [-0.4, -0.2) is 38.0 Å². The fourth-order valence-corrected chi connectivity index (χ4v) is 2.63. The van der Waals surface area contributed by atoms with Gasteiger partial charge in [-0.25, -0.2) is 0 Å². The molecular formula is C18H25IN4O. The van der Waals surface area contributed by atoms with Crippen LogP contribution in [0.5, 0.6) is 0 Å². The van der Waals surface area contributed by atoms with Crippen molar-refractivity contribution in [3.63, 3.8) is 0 Å². The number of nitrogens with zero attached hydrogens (tertiary/aromatic N) is 2. The lowest BCUT2D eigenvalue weighted by atomic mass is 10.2. The van der Waals surface area contributed by atoms with Crippen LogP contribution in [0.1, 0.15) is 25.3 Å². The number of halogens is 1. The number of hydrogen-bond acceptors (Lipinski definition) is 2. The molecule has 1 heterocycles. The standard InChI is InChI=1S/C18H24N4O.HI/c1-3-12-20-18(19-4-2)21-13-7-10-17(23)22-14-11-15-8-5-6-9-16(15)22;/h1,5-6,8-9H,4,7,10-14H2,2H3,(H2,19,20,21);1H. The molecule has 0 spiro atoms. The summed E-state index contributed by atoms with van der Waals surface area (Å²) in [6, 6.07) is 8.11. The van der Waals surface area contributed by atoms with E-state index in [0.717, 1.165) is 31.6 Å². The summed E-state index contributed by atoms with van der Waals surface area (Å²) in [5.41, 5.74) is 2.32. The molecule has 2 N–H and O–H groups in total. The lowest BCUT2D eigenvalue weighted by molar-refractivity contribution is -0.118. The largest absolute Gasteiger partial charge is 0.357 e. The zero-order valence-corrected chi connectivity index (χ0v) is 16.4. The van der Waals surface area contributed by atoms with Gasteiger partial charge in [0.15, 0.2) is 5.96 Å². The number of fused-ring (bicyclic) bond motifs is 1. The van der Waals surface area contributed by atoms with Crippen LogP contribution in [0.15, 0.2) is 29.3 Å². The average Bonchev–Trinajstić information content (AvgIpc) is 3.00. The molecule has 1 aromatic carbocycles. The van der Waals surface area contributed by atoms with Crippen LogP contribution in [0.2, 0.25) is 0 Å². The normalized spacial score (nSPS) is 12.8. The molecule has 0 unspecified atom stereocenters. The van der Waals surface area contributed by atoms with Gasteiger partial charge >= 0.3 is 0 Å². The number of carbonyl (C=O) groups excluding carboxylic acids is 1. The van der Waals surface area contributed by atoms with Crippen molar-refractivity contribution in [1.82, 2.24) is 10.6 Å². The molecule has 1 aliphatic rings. The topological polar surface area (TPSA) is 56.7 Å². The maximum absolute atomic E-state index is 12.4. The number of anilines is 1.